The lowest BCUT2D eigenvalue weighted by atomic mass is 10.0. The van der Waals surface area contributed by atoms with Crippen LogP contribution in [0.5, 0.6) is 11.5 Å². The first-order valence-corrected chi connectivity index (χ1v) is 5.45. The number of benzene rings is 1. The zero-order valence-electron chi connectivity index (χ0n) is 9.60. The molecule has 17 heavy (non-hydrogen) atoms. The van der Waals surface area contributed by atoms with E-state index in [4.69, 9.17) is 14.6 Å². The van der Waals surface area contributed by atoms with Crippen molar-refractivity contribution in [3.8, 4) is 11.5 Å². The predicted octanol–water partition coefficient (Wildman–Crippen LogP) is 1.95. The molecule has 1 N–H and O–H groups in total. The van der Waals surface area contributed by atoms with Gasteiger partial charge in [0.2, 0.25) is 0 Å². The van der Waals surface area contributed by atoms with Gasteiger partial charge in [-0.2, -0.15) is 0 Å². The molecule has 0 unspecified atom stereocenters. The van der Waals surface area contributed by atoms with Crippen molar-refractivity contribution in [3.05, 3.63) is 35.4 Å². The van der Waals surface area contributed by atoms with Gasteiger partial charge in [0.1, 0.15) is 13.2 Å². The molecule has 0 atom stereocenters. The number of hydrogen-bond donors (Lipinski definition) is 1. The Balaban J connectivity index is 2.20. The number of aliphatic carboxylic acids is 1. The highest BCUT2D eigenvalue weighted by Crippen LogP contribution is 2.33. The molecular formula is C13H14O4. The van der Waals surface area contributed by atoms with E-state index in [1.807, 2.05) is 19.1 Å². The van der Waals surface area contributed by atoms with E-state index in [-0.39, 0.29) is 0 Å². The zero-order chi connectivity index (χ0) is 12.3. The summed E-state index contributed by atoms with van der Waals surface area (Å²) in [5, 5.41) is 8.52. The Morgan fingerprint density at radius 2 is 2.00 bits per heavy atom. The Labute approximate surface area is 99.5 Å². The predicted molar refractivity (Wildman–Crippen MR) is 62.6 cm³/mol. The SMILES string of the molecule is Cc1cc2c(cc1C/C=C/C(=O)O)OCCO2. The summed E-state index contributed by atoms with van der Waals surface area (Å²) in [6.45, 7) is 3.10. The summed E-state index contributed by atoms with van der Waals surface area (Å²) in [4.78, 5) is 10.4. The first kappa shape index (κ1) is 11.5. The van der Waals surface area contributed by atoms with Gasteiger partial charge in [-0.05, 0) is 36.6 Å². The molecule has 0 spiro atoms. The maximum absolute atomic E-state index is 10.4. The van der Waals surface area contributed by atoms with E-state index >= 15 is 0 Å². The number of rotatable bonds is 3. The van der Waals surface area contributed by atoms with Crippen LogP contribution in [0.25, 0.3) is 0 Å². The van der Waals surface area contributed by atoms with E-state index in [2.05, 4.69) is 0 Å². The number of aryl methyl sites for hydroxylation is 1. The third-order valence-electron chi connectivity index (χ3n) is 2.60. The standard InChI is InChI=1S/C13H14O4/c1-9-7-11-12(17-6-5-16-11)8-10(9)3-2-4-13(14)15/h2,4,7-8H,3,5-6H2,1H3,(H,14,15)/b4-2+. The molecule has 1 aliphatic rings. The number of fused-ring (bicyclic) bond motifs is 1. The number of allylic oxidation sites excluding steroid dienone is 1. The molecule has 4 heteroatoms. The van der Waals surface area contributed by atoms with Crippen LogP contribution in [0, 0.1) is 6.92 Å². The molecule has 0 saturated heterocycles. The zero-order valence-corrected chi connectivity index (χ0v) is 9.60. The fourth-order valence-electron chi connectivity index (χ4n) is 1.74. The average Bonchev–Trinajstić information content (AvgIpc) is 2.29. The Hall–Kier alpha value is -1.97. The topological polar surface area (TPSA) is 55.8 Å². The summed E-state index contributed by atoms with van der Waals surface area (Å²) in [5.41, 5.74) is 2.12. The lowest BCUT2D eigenvalue weighted by Gasteiger charge is -2.20. The van der Waals surface area contributed by atoms with Gasteiger partial charge >= 0.3 is 5.97 Å². The monoisotopic (exact) mass is 234 g/mol. The molecule has 1 aromatic rings. The average molecular weight is 234 g/mol. The molecule has 0 aliphatic carbocycles. The van der Waals surface area contributed by atoms with Crippen LogP contribution in [0.4, 0.5) is 0 Å². The second kappa shape index (κ2) is 4.91. The minimum Gasteiger partial charge on any atom is -0.486 e. The van der Waals surface area contributed by atoms with E-state index in [1.165, 1.54) is 0 Å². The van der Waals surface area contributed by atoms with Gasteiger partial charge in [0.15, 0.2) is 11.5 Å². The van der Waals surface area contributed by atoms with Crippen LogP contribution in [-0.2, 0) is 11.2 Å². The van der Waals surface area contributed by atoms with Crippen LogP contribution < -0.4 is 9.47 Å². The maximum Gasteiger partial charge on any atom is 0.327 e. The summed E-state index contributed by atoms with van der Waals surface area (Å²) < 4.78 is 10.9. The molecule has 0 fully saturated rings. The Morgan fingerprint density at radius 3 is 2.65 bits per heavy atom. The summed E-state index contributed by atoms with van der Waals surface area (Å²) in [6, 6.07) is 3.84. The van der Waals surface area contributed by atoms with Crippen molar-refractivity contribution in [1.29, 1.82) is 0 Å². The van der Waals surface area contributed by atoms with Gasteiger partial charge in [-0.25, -0.2) is 4.79 Å². The van der Waals surface area contributed by atoms with Crippen LogP contribution in [-0.4, -0.2) is 24.3 Å². The van der Waals surface area contributed by atoms with Crippen molar-refractivity contribution < 1.29 is 19.4 Å². The molecule has 1 aromatic carbocycles. The van der Waals surface area contributed by atoms with Gasteiger partial charge in [-0.3, -0.25) is 0 Å². The first-order chi connectivity index (χ1) is 8.16. The summed E-state index contributed by atoms with van der Waals surface area (Å²) in [6.07, 6.45) is 3.35. The fraction of sp³-hybridized carbons (Fsp3) is 0.308. The van der Waals surface area contributed by atoms with Crippen molar-refractivity contribution in [1.82, 2.24) is 0 Å². The molecule has 0 aromatic heterocycles. The minimum atomic E-state index is -0.930. The van der Waals surface area contributed by atoms with Gasteiger partial charge < -0.3 is 14.6 Å². The van der Waals surface area contributed by atoms with Crippen LogP contribution in [0.3, 0.4) is 0 Å². The van der Waals surface area contributed by atoms with Gasteiger partial charge in [-0.15, -0.1) is 0 Å². The van der Waals surface area contributed by atoms with Crippen LogP contribution in [0.1, 0.15) is 11.1 Å². The summed E-state index contributed by atoms with van der Waals surface area (Å²) in [5.74, 6) is 0.570. The summed E-state index contributed by atoms with van der Waals surface area (Å²) in [7, 11) is 0. The summed E-state index contributed by atoms with van der Waals surface area (Å²) >= 11 is 0. The molecule has 0 bridgehead atoms. The van der Waals surface area contributed by atoms with Crippen molar-refractivity contribution in [3.63, 3.8) is 0 Å². The number of ether oxygens (including phenoxy) is 2. The van der Waals surface area contributed by atoms with Crippen LogP contribution in [0.2, 0.25) is 0 Å². The number of carbonyl (C=O) groups is 1. The quantitative estimate of drug-likeness (QED) is 0.812. The first-order valence-electron chi connectivity index (χ1n) is 5.45. The lowest BCUT2D eigenvalue weighted by molar-refractivity contribution is -0.131. The normalized spacial score (nSPS) is 13.9. The van der Waals surface area contributed by atoms with Crippen molar-refractivity contribution in [2.45, 2.75) is 13.3 Å². The molecule has 1 aliphatic heterocycles. The minimum absolute atomic E-state index is 0.556. The van der Waals surface area contributed by atoms with Gasteiger partial charge in [-0.1, -0.05) is 6.08 Å². The largest absolute Gasteiger partial charge is 0.486 e. The highest BCUT2D eigenvalue weighted by atomic mass is 16.6. The van der Waals surface area contributed by atoms with E-state index in [0.29, 0.717) is 19.6 Å². The van der Waals surface area contributed by atoms with E-state index < -0.39 is 5.97 Å². The second-order valence-electron chi connectivity index (χ2n) is 3.87. The maximum atomic E-state index is 10.4. The van der Waals surface area contributed by atoms with Crippen LogP contribution in [0.15, 0.2) is 24.3 Å². The Morgan fingerprint density at radius 1 is 1.35 bits per heavy atom. The molecule has 0 amide bonds. The highest BCUT2D eigenvalue weighted by molar-refractivity contribution is 5.79. The van der Waals surface area contributed by atoms with E-state index in [9.17, 15) is 4.79 Å². The molecule has 0 saturated carbocycles. The highest BCUT2D eigenvalue weighted by Gasteiger charge is 2.13. The molecule has 1 heterocycles. The smallest absolute Gasteiger partial charge is 0.327 e. The van der Waals surface area contributed by atoms with Crippen molar-refractivity contribution >= 4 is 5.97 Å². The molecular weight excluding hydrogens is 220 g/mol. The lowest BCUT2D eigenvalue weighted by Crippen LogP contribution is -2.15. The molecule has 4 nitrogen and oxygen atoms in total. The van der Waals surface area contributed by atoms with Gasteiger partial charge in [0, 0.05) is 6.08 Å². The number of carboxylic acid groups (broad SMARTS) is 1. The van der Waals surface area contributed by atoms with E-state index in [0.717, 1.165) is 28.7 Å². The van der Waals surface area contributed by atoms with Gasteiger partial charge in [0.05, 0.1) is 0 Å². The second-order valence-corrected chi connectivity index (χ2v) is 3.87. The molecule has 0 radical (unpaired) electrons. The molecule has 90 valence electrons. The van der Waals surface area contributed by atoms with Crippen molar-refractivity contribution in [2.24, 2.45) is 0 Å². The van der Waals surface area contributed by atoms with E-state index in [1.54, 1.807) is 6.08 Å². The third kappa shape index (κ3) is 2.78. The number of hydrogen-bond acceptors (Lipinski definition) is 3. The third-order valence-corrected chi connectivity index (χ3v) is 2.60. The fourth-order valence-corrected chi connectivity index (χ4v) is 1.74. The van der Waals surface area contributed by atoms with Gasteiger partial charge in [0.25, 0.3) is 0 Å². The Kier molecular flexibility index (Phi) is 3.32. The molecule has 2 rings (SSSR count). The number of carboxylic acids is 1. The van der Waals surface area contributed by atoms with Crippen molar-refractivity contribution in [2.75, 3.05) is 13.2 Å². The Bertz CT molecular complexity index is 463. The van der Waals surface area contributed by atoms with Crippen LogP contribution >= 0.6 is 0 Å².